The minimum atomic E-state index is -0.177. The highest BCUT2D eigenvalue weighted by atomic mass is 32.1. The molecule has 4 heterocycles. The van der Waals surface area contributed by atoms with Gasteiger partial charge in [0.05, 0.1) is 18.6 Å². The Morgan fingerprint density at radius 2 is 2.06 bits per heavy atom. The Hall–Kier alpha value is -3.59. The van der Waals surface area contributed by atoms with Crippen molar-refractivity contribution in [2.75, 3.05) is 18.4 Å². The Kier molecular flexibility index (Phi) is 6.12. The zero-order valence-corrected chi connectivity index (χ0v) is 19.1. The number of amides is 1. The van der Waals surface area contributed by atoms with Gasteiger partial charge in [0.15, 0.2) is 0 Å². The minimum Gasteiger partial charge on any atom is -0.361 e. The molecule has 0 aliphatic carbocycles. The number of carbonyl (C=O) groups is 1. The number of rotatable bonds is 8. The highest BCUT2D eigenvalue weighted by molar-refractivity contribution is 7.08. The van der Waals surface area contributed by atoms with E-state index < -0.39 is 0 Å². The van der Waals surface area contributed by atoms with Crippen LogP contribution in [-0.4, -0.2) is 43.0 Å². The maximum atomic E-state index is 12.9. The fourth-order valence-corrected chi connectivity index (χ4v) is 4.97. The Bertz CT molecular complexity index is 1270. The first-order valence-corrected chi connectivity index (χ1v) is 12.0. The summed E-state index contributed by atoms with van der Waals surface area (Å²) in [5, 5.41) is 7.22. The second kappa shape index (κ2) is 9.50. The molecule has 0 saturated carbocycles. The van der Waals surface area contributed by atoms with Crippen LogP contribution in [0.25, 0.3) is 11.3 Å². The molecule has 1 amide bonds. The van der Waals surface area contributed by atoms with Gasteiger partial charge in [0.1, 0.15) is 5.82 Å². The molecule has 3 aromatic heterocycles. The van der Waals surface area contributed by atoms with Gasteiger partial charge in [-0.25, -0.2) is 9.78 Å². The maximum absolute atomic E-state index is 12.9. The van der Waals surface area contributed by atoms with Crippen LogP contribution in [0.15, 0.2) is 64.6 Å². The Morgan fingerprint density at radius 1 is 1.18 bits per heavy atom. The van der Waals surface area contributed by atoms with Gasteiger partial charge in [-0.2, -0.15) is 11.3 Å². The normalized spacial score (nSPS) is 13.2. The lowest BCUT2D eigenvalue weighted by molar-refractivity contribution is -0.130. The lowest BCUT2D eigenvalue weighted by Gasteiger charge is -2.29. The summed E-state index contributed by atoms with van der Waals surface area (Å²) < 4.78 is 3.75. The SMILES string of the molecule is O=C(CNc1[nH]c(=O)n(CCCn2ccnc2)c1-c1ccsc1)N1CCc2ccccc2C1. The lowest BCUT2D eigenvalue weighted by Crippen LogP contribution is -2.39. The fraction of sp³-hybridized carbons (Fsp3) is 0.292. The number of hydrogen-bond donors (Lipinski definition) is 2. The number of nitrogens with zero attached hydrogens (tertiary/aromatic N) is 4. The maximum Gasteiger partial charge on any atom is 0.327 e. The summed E-state index contributed by atoms with van der Waals surface area (Å²) >= 11 is 1.58. The smallest absolute Gasteiger partial charge is 0.327 e. The van der Waals surface area contributed by atoms with Crippen molar-refractivity contribution in [2.45, 2.75) is 32.5 Å². The summed E-state index contributed by atoms with van der Waals surface area (Å²) in [4.78, 5) is 34.6. The summed E-state index contributed by atoms with van der Waals surface area (Å²) in [6, 6.07) is 10.3. The van der Waals surface area contributed by atoms with E-state index in [1.54, 1.807) is 28.4 Å². The Morgan fingerprint density at radius 3 is 2.85 bits per heavy atom. The van der Waals surface area contributed by atoms with E-state index in [4.69, 9.17) is 0 Å². The Labute approximate surface area is 195 Å². The first kappa shape index (κ1) is 21.3. The fourth-order valence-electron chi connectivity index (χ4n) is 4.33. The van der Waals surface area contributed by atoms with E-state index in [2.05, 4.69) is 27.4 Å². The van der Waals surface area contributed by atoms with Gasteiger partial charge in [-0.05, 0) is 35.4 Å². The third-order valence-corrected chi connectivity index (χ3v) is 6.72. The van der Waals surface area contributed by atoms with Crippen molar-refractivity contribution in [1.29, 1.82) is 0 Å². The second-order valence-corrected chi connectivity index (χ2v) is 8.94. The number of H-pyrrole nitrogens is 1. The summed E-state index contributed by atoms with van der Waals surface area (Å²) in [5.41, 5.74) is 4.09. The number of fused-ring (bicyclic) bond motifs is 1. The largest absolute Gasteiger partial charge is 0.361 e. The van der Waals surface area contributed by atoms with E-state index in [0.29, 0.717) is 25.5 Å². The molecule has 5 rings (SSSR count). The van der Waals surface area contributed by atoms with Gasteiger partial charge in [0.2, 0.25) is 5.91 Å². The van der Waals surface area contributed by atoms with Crippen molar-refractivity contribution >= 4 is 23.1 Å². The quantitative estimate of drug-likeness (QED) is 0.421. The summed E-state index contributed by atoms with van der Waals surface area (Å²) in [5.74, 6) is 0.612. The van der Waals surface area contributed by atoms with Crippen LogP contribution in [-0.2, 0) is 30.8 Å². The molecule has 0 radical (unpaired) electrons. The molecule has 2 N–H and O–H groups in total. The monoisotopic (exact) mass is 462 g/mol. The van der Waals surface area contributed by atoms with Gasteiger partial charge in [-0.3, -0.25) is 14.3 Å². The molecule has 0 saturated heterocycles. The van der Waals surface area contributed by atoms with Crippen molar-refractivity contribution in [3.63, 3.8) is 0 Å². The third-order valence-electron chi connectivity index (χ3n) is 6.04. The zero-order valence-electron chi connectivity index (χ0n) is 18.2. The predicted molar refractivity (Wildman–Crippen MR) is 129 cm³/mol. The molecular formula is C24H26N6O2S. The number of thiophene rings is 1. The first-order chi connectivity index (χ1) is 16.2. The number of aromatic amines is 1. The molecule has 0 spiro atoms. The summed E-state index contributed by atoms with van der Waals surface area (Å²) in [7, 11) is 0. The van der Waals surface area contributed by atoms with Gasteiger partial charge < -0.3 is 14.8 Å². The van der Waals surface area contributed by atoms with Gasteiger partial charge in [0.25, 0.3) is 0 Å². The number of benzene rings is 1. The number of hydrogen-bond acceptors (Lipinski definition) is 5. The topological polar surface area (TPSA) is 87.9 Å². The van der Waals surface area contributed by atoms with Crippen molar-refractivity contribution in [3.05, 3.63) is 81.4 Å². The summed E-state index contributed by atoms with van der Waals surface area (Å²) in [6.45, 7) is 2.81. The molecule has 9 heteroatoms. The molecule has 170 valence electrons. The Balaban J connectivity index is 1.29. The molecule has 0 atom stereocenters. The number of aromatic nitrogens is 4. The van der Waals surface area contributed by atoms with Crippen molar-refractivity contribution in [2.24, 2.45) is 0 Å². The van der Waals surface area contributed by atoms with Crippen LogP contribution in [0.2, 0.25) is 0 Å². The predicted octanol–water partition coefficient (Wildman–Crippen LogP) is 3.19. The molecule has 8 nitrogen and oxygen atoms in total. The zero-order chi connectivity index (χ0) is 22.6. The van der Waals surface area contributed by atoms with Crippen LogP contribution < -0.4 is 11.0 Å². The van der Waals surface area contributed by atoms with Crippen LogP contribution in [0.3, 0.4) is 0 Å². The molecule has 33 heavy (non-hydrogen) atoms. The first-order valence-electron chi connectivity index (χ1n) is 11.1. The second-order valence-electron chi connectivity index (χ2n) is 8.16. The van der Waals surface area contributed by atoms with Crippen LogP contribution in [0.4, 0.5) is 5.82 Å². The number of aryl methyl sites for hydroxylation is 1. The van der Waals surface area contributed by atoms with Gasteiger partial charge >= 0.3 is 5.69 Å². The van der Waals surface area contributed by atoms with E-state index in [1.165, 1.54) is 11.1 Å². The molecular weight excluding hydrogens is 436 g/mol. The van der Waals surface area contributed by atoms with Gasteiger partial charge in [-0.1, -0.05) is 24.3 Å². The number of carbonyl (C=O) groups excluding carboxylic acids is 1. The molecule has 0 bridgehead atoms. The van der Waals surface area contributed by atoms with Crippen LogP contribution in [0.1, 0.15) is 17.5 Å². The molecule has 0 fully saturated rings. The van der Waals surface area contributed by atoms with Crippen molar-refractivity contribution in [1.82, 2.24) is 24.0 Å². The number of nitrogens with one attached hydrogen (secondary N) is 2. The average Bonchev–Trinajstić information content (AvgIpc) is 3.60. The molecule has 1 aromatic carbocycles. The van der Waals surface area contributed by atoms with E-state index in [9.17, 15) is 9.59 Å². The molecule has 0 unspecified atom stereocenters. The van der Waals surface area contributed by atoms with Crippen LogP contribution >= 0.6 is 11.3 Å². The highest BCUT2D eigenvalue weighted by Crippen LogP contribution is 2.28. The van der Waals surface area contributed by atoms with Gasteiger partial charge in [-0.15, -0.1) is 0 Å². The van der Waals surface area contributed by atoms with E-state index in [0.717, 1.165) is 30.6 Å². The molecule has 1 aliphatic rings. The van der Waals surface area contributed by atoms with Crippen molar-refractivity contribution < 1.29 is 4.79 Å². The van der Waals surface area contributed by atoms with E-state index >= 15 is 0 Å². The minimum absolute atomic E-state index is 0.0227. The summed E-state index contributed by atoms with van der Waals surface area (Å²) in [6.07, 6.45) is 7.09. The average molecular weight is 463 g/mol. The number of imidazole rings is 2. The number of anilines is 1. The van der Waals surface area contributed by atoms with Gasteiger partial charge in [0, 0.05) is 49.5 Å². The third kappa shape index (κ3) is 4.63. The van der Waals surface area contributed by atoms with Crippen LogP contribution in [0, 0.1) is 0 Å². The molecule has 1 aliphatic heterocycles. The molecule has 4 aromatic rings. The lowest BCUT2D eigenvalue weighted by atomic mass is 10.00. The standard InChI is InChI=1S/C24H26N6O2S/c31-21(29-11-6-18-4-1-2-5-19(18)15-29)14-26-23-22(20-7-13-33-16-20)30(24(32)27-23)10-3-9-28-12-8-25-17-28/h1-2,4-5,7-8,12-13,16-17,26H,3,6,9-11,14-15H2,(H,27,32). The van der Waals surface area contributed by atoms with E-state index in [-0.39, 0.29) is 18.1 Å². The highest BCUT2D eigenvalue weighted by Gasteiger charge is 2.22. The van der Waals surface area contributed by atoms with E-state index in [1.807, 2.05) is 44.6 Å². The van der Waals surface area contributed by atoms with Crippen LogP contribution in [0.5, 0.6) is 0 Å². The van der Waals surface area contributed by atoms with Crippen molar-refractivity contribution in [3.8, 4) is 11.3 Å².